The van der Waals surface area contributed by atoms with Crippen LogP contribution >= 0.6 is 0 Å². The topological polar surface area (TPSA) is 67.2 Å². The smallest absolute Gasteiger partial charge is 0.323 e. The van der Waals surface area contributed by atoms with Crippen molar-refractivity contribution in [1.82, 2.24) is 15.1 Å². The maximum absolute atomic E-state index is 11.2. The average Bonchev–Trinajstić information content (AvgIpc) is 2.64. The molecule has 0 radical (unpaired) electrons. The number of carboxylic acid groups (broad SMARTS) is 1. The number of aryl methyl sites for hydroxylation is 1. The van der Waals surface area contributed by atoms with Crippen molar-refractivity contribution in [3.8, 4) is 0 Å². The van der Waals surface area contributed by atoms with Crippen LogP contribution in [0.5, 0.6) is 0 Å². The Kier molecular flexibility index (Phi) is 3.70. The third-order valence-electron chi connectivity index (χ3n) is 3.01. The second-order valence-electron chi connectivity index (χ2n) is 4.36. The number of carboxylic acids is 1. The van der Waals surface area contributed by atoms with Crippen molar-refractivity contribution < 1.29 is 9.90 Å². The first-order valence-corrected chi connectivity index (χ1v) is 5.33. The quantitative estimate of drug-likeness (QED) is 0.790. The van der Waals surface area contributed by atoms with Gasteiger partial charge in [0.25, 0.3) is 0 Å². The molecule has 16 heavy (non-hydrogen) atoms. The first-order valence-electron chi connectivity index (χ1n) is 5.33. The van der Waals surface area contributed by atoms with Crippen LogP contribution in [0.25, 0.3) is 0 Å². The molecule has 0 aromatic carbocycles. The minimum atomic E-state index is -0.919. The molecule has 0 saturated heterocycles. The number of aliphatic carboxylic acids is 1. The number of nitrogens with zero attached hydrogens (tertiary/aromatic N) is 2. The van der Waals surface area contributed by atoms with Gasteiger partial charge in [-0.3, -0.25) is 9.48 Å². The minimum Gasteiger partial charge on any atom is -0.480 e. The van der Waals surface area contributed by atoms with Crippen LogP contribution in [0.1, 0.15) is 32.0 Å². The standard InChI is InChI=1S/C11H19N3O2/c1-8-5-6-13-14(8)9(2)7-11(3,12-4)10(15)16/h5-6,9,12H,7H2,1-4H3,(H,15,16). The van der Waals surface area contributed by atoms with E-state index in [4.69, 9.17) is 5.11 Å². The third kappa shape index (κ3) is 2.41. The number of carbonyl (C=O) groups is 1. The van der Waals surface area contributed by atoms with E-state index in [-0.39, 0.29) is 6.04 Å². The summed E-state index contributed by atoms with van der Waals surface area (Å²) >= 11 is 0. The van der Waals surface area contributed by atoms with Gasteiger partial charge in [0.2, 0.25) is 0 Å². The number of nitrogens with one attached hydrogen (secondary N) is 1. The molecule has 0 saturated carbocycles. The molecule has 0 spiro atoms. The van der Waals surface area contributed by atoms with Gasteiger partial charge in [0.05, 0.1) is 6.04 Å². The van der Waals surface area contributed by atoms with E-state index < -0.39 is 11.5 Å². The van der Waals surface area contributed by atoms with Crippen LogP contribution in [0.2, 0.25) is 0 Å². The zero-order valence-corrected chi connectivity index (χ0v) is 10.2. The average molecular weight is 225 g/mol. The van der Waals surface area contributed by atoms with Gasteiger partial charge in [-0.1, -0.05) is 0 Å². The van der Waals surface area contributed by atoms with Gasteiger partial charge in [0, 0.05) is 11.9 Å². The van der Waals surface area contributed by atoms with Crippen molar-refractivity contribution in [2.75, 3.05) is 7.05 Å². The SMILES string of the molecule is CNC(C)(CC(C)n1nccc1C)C(=O)O. The lowest BCUT2D eigenvalue weighted by atomic mass is 9.94. The minimum absolute atomic E-state index is 0.0450. The van der Waals surface area contributed by atoms with Gasteiger partial charge in [-0.05, 0) is 40.3 Å². The highest BCUT2D eigenvalue weighted by Crippen LogP contribution is 2.21. The van der Waals surface area contributed by atoms with Crippen LogP contribution in [0.4, 0.5) is 0 Å². The zero-order chi connectivity index (χ0) is 12.3. The maximum atomic E-state index is 11.2. The molecule has 1 heterocycles. The van der Waals surface area contributed by atoms with E-state index in [1.54, 1.807) is 20.2 Å². The van der Waals surface area contributed by atoms with Crippen molar-refractivity contribution in [3.05, 3.63) is 18.0 Å². The number of aromatic nitrogens is 2. The number of likely N-dealkylation sites (N-methyl/N-ethyl adjacent to an activating group) is 1. The normalized spacial score (nSPS) is 16.8. The fourth-order valence-electron chi connectivity index (χ4n) is 1.82. The van der Waals surface area contributed by atoms with Crippen LogP contribution in [-0.4, -0.2) is 33.4 Å². The van der Waals surface area contributed by atoms with Crippen LogP contribution in [-0.2, 0) is 4.79 Å². The van der Waals surface area contributed by atoms with E-state index in [9.17, 15) is 4.79 Å². The second-order valence-corrected chi connectivity index (χ2v) is 4.36. The first kappa shape index (κ1) is 12.7. The van der Waals surface area contributed by atoms with E-state index in [0.29, 0.717) is 6.42 Å². The predicted molar refractivity (Wildman–Crippen MR) is 61.4 cm³/mol. The van der Waals surface area contributed by atoms with E-state index in [1.165, 1.54) is 0 Å². The number of rotatable bonds is 5. The summed E-state index contributed by atoms with van der Waals surface area (Å²) in [5.41, 5.74) is 0.119. The molecule has 0 bridgehead atoms. The van der Waals surface area contributed by atoms with E-state index in [2.05, 4.69) is 10.4 Å². The molecule has 5 heteroatoms. The predicted octanol–water partition coefficient (Wildman–Crippen LogP) is 1.21. The van der Waals surface area contributed by atoms with Crippen molar-refractivity contribution in [1.29, 1.82) is 0 Å². The Balaban J connectivity index is 2.81. The highest BCUT2D eigenvalue weighted by atomic mass is 16.4. The molecule has 2 N–H and O–H groups in total. The van der Waals surface area contributed by atoms with Crippen molar-refractivity contribution in [3.63, 3.8) is 0 Å². The summed E-state index contributed by atoms with van der Waals surface area (Å²) in [5, 5.41) is 16.2. The summed E-state index contributed by atoms with van der Waals surface area (Å²) in [7, 11) is 1.66. The van der Waals surface area contributed by atoms with E-state index >= 15 is 0 Å². The molecule has 0 amide bonds. The molecule has 2 atom stereocenters. The summed E-state index contributed by atoms with van der Waals surface area (Å²) in [6.45, 7) is 5.62. The van der Waals surface area contributed by atoms with Crippen molar-refractivity contribution in [2.24, 2.45) is 0 Å². The van der Waals surface area contributed by atoms with Gasteiger partial charge in [-0.25, -0.2) is 0 Å². The molecule has 0 aliphatic carbocycles. The first-order chi connectivity index (χ1) is 7.40. The molecular weight excluding hydrogens is 206 g/mol. The summed E-state index contributed by atoms with van der Waals surface area (Å²) < 4.78 is 1.85. The molecule has 0 aliphatic rings. The Morgan fingerprint density at radius 2 is 2.38 bits per heavy atom. The summed E-state index contributed by atoms with van der Waals surface area (Å²) in [5.74, 6) is -0.841. The van der Waals surface area contributed by atoms with Gasteiger partial charge in [-0.15, -0.1) is 0 Å². The second kappa shape index (κ2) is 4.65. The highest BCUT2D eigenvalue weighted by molar-refractivity contribution is 5.78. The van der Waals surface area contributed by atoms with Gasteiger partial charge < -0.3 is 10.4 Å². The Labute approximate surface area is 95.5 Å². The van der Waals surface area contributed by atoms with Crippen LogP contribution in [0, 0.1) is 6.92 Å². The fourth-order valence-corrected chi connectivity index (χ4v) is 1.82. The molecule has 1 aromatic heterocycles. The molecule has 5 nitrogen and oxygen atoms in total. The largest absolute Gasteiger partial charge is 0.480 e. The van der Waals surface area contributed by atoms with Gasteiger partial charge >= 0.3 is 5.97 Å². The Morgan fingerprint density at radius 1 is 1.75 bits per heavy atom. The fraction of sp³-hybridized carbons (Fsp3) is 0.636. The molecule has 1 aromatic rings. The van der Waals surface area contributed by atoms with Crippen LogP contribution in [0.3, 0.4) is 0 Å². The van der Waals surface area contributed by atoms with Gasteiger partial charge in [0.15, 0.2) is 0 Å². The lowest BCUT2D eigenvalue weighted by molar-refractivity contribution is -0.144. The summed E-state index contributed by atoms with van der Waals surface area (Å²) in [6, 6.07) is 1.96. The molecular formula is C11H19N3O2. The summed E-state index contributed by atoms with van der Waals surface area (Å²) in [6.07, 6.45) is 2.21. The lowest BCUT2D eigenvalue weighted by Gasteiger charge is -2.28. The monoisotopic (exact) mass is 225 g/mol. The number of hydrogen-bond acceptors (Lipinski definition) is 3. The Hall–Kier alpha value is -1.36. The Morgan fingerprint density at radius 3 is 2.75 bits per heavy atom. The van der Waals surface area contributed by atoms with Gasteiger partial charge in [-0.2, -0.15) is 5.10 Å². The van der Waals surface area contributed by atoms with Crippen LogP contribution in [0.15, 0.2) is 12.3 Å². The molecule has 0 fully saturated rings. The van der Waals surface area contributed by atoms with E-state index in [1.807, 2.05) is 24.6 Å². The maximum Gasteiger partial charge on any atom is 0.323 e. The zero-order valence-electron chi connectivity index (χ0n) is 10.2. The van der Waals surface area contributed by atoms with Crippen LogP contribution < -0.4 is 5.32 Å². The van der Waals surface area contributed by atoms with Crippen molar-refractivity contribution >= 4 is 5.97 Å². The highest BCUT2D eigenvalue weighted by Gasteiger charge is 2.33. The van der Waals surface area contributed by atoms with Crippen molar-refractivity contribution in [2.45, 2.75) is 38.8 Å². The Bertz CT molecular complexity index is 375. The number of hydrogen-bond donors (Lipinski definition) is 2. The molecule has 2 unspecified atom stereocenters. The molecule has 1 rings (SSSR count). The molecule has 90 valence electrons. The third-order valence-corrected chi connectivity index (χ3v) is 3.01. The molecule has 0 aliphatic heterocycles. The summed E-state index contributed by atoms with van der Waals surface area (Å²) in [4.78, 5) is 11.2. The lowest BCUT2D eigenvalue weighted by Crippen LogP contribution is -2.48. The van der Waals surface area contributed by atoms with E-state index in [0.717, 1.165) is 5.69 Å². The van der Waals surface area contributed by atoms with Gasteiger partial charge in [0.1, 0.15) is 5.54 Å².